The van der Waals surface area contributed by atoms with Crippen molar-refractivity contribution >= 4 is 34.6 Å². The Bertz CT molecular complexity index is 1260. The Labute approximate surface area is 198 Å². The van der Waals surface area contributed by atoms with Gasteiger partial charge in [0.1, 0.15) is 11.4 Å². The quantitative estimate of drug-likeness (QED) is 0.309. The molecule has 0 bridgehead atoms. The molecule has 4 rings (SSSR count). The van der Waals surface area contributed by atoms with Crippen LogP contribution in [0.4, 0.5) is 5.69 Å². The topological polar surface area (TPSA) is 51.2 Å². The number of para-hydroxylation sites is 1. The van der Waals surface area contributed by atoms with Gasteiger partial charge in [-0.25, -0.2) is 4.98 Å². The van der Waals surface area contributed by atoms with E-state index in [2.05, 4.69) is 31.1 Å². The molecule has 0 spiro atoms. The Balaban J connectivity index is 1.65. The van der Waals surface area contributed by atoms with Crippen molar-refractivity contribution in [2.24, 2.45) is 0 Å². The Morgan fingerprint density at radius 3 is 2.42 bits per heavy atom. The van der Waals surface area contributed by atoms with Crippen LogP contribution >= 0.6 is 11.3 Å². The summed E-state index contributed by atoms with van der Waals surface area (Å²) in [4.78, 5) is 18.7. The summed E-state index contributed by atoms with van der Waals surface area (Å²) in [5.41, 5.74) is 3.02. The molecule has 0 saturated carbocycles. The summed E-state index contributed by atoms with van der Waals surface area (Å²) in [6.45, 7) is 6.41. The first-order chi connectivity index (χ1) is 15.9. The second-order valence-electron chi connectivity index (χ2n) is 8.60. The fourth-order valence-corrected chi connectivity index (χ4v) is 4.17. The SMILES string of the molecule is CC(C)(C)c1ccccc1Oc1ncccc1NC(=O)/C(=C/c1ccccc1)c1cccs1. The standard InChI is InChI=1S/C28H26N2O2S/c1-28(2,3)22-13-7-8-15-24(22)32-27-23(14-9-17-29-27)30-26(31)21(25-16-10-18-33-25)19-20-11-5-4-6-12-20/h4-19H,1-3H3,(H,30,31)/b21-19+. The molecule has 0 radical (unpaired) electrons. The van der Waals surface area contributed by atoms with Crippen LogP contribution in [0.25, 0.3) is 11.6 Å². The van der Waals surface area contributed by atoms with Gasteiger partial charge in [0.25, 0.3) is 5.91 Å². The fraction of sp³-hybridized carbons (Fsp3) is 0.143. The third-order valence-electron chi connectivity index (χ3n) is 5.06. The van der Waals surface area contributed by atoms with E-state index in [1.165, 1.54) is 11.3 Å². The van der Waals surface area contributed by atoms with E-state index in [1.54, 1.807) is 18.3 Å². The van der Waals surface area contributed by atoms with Gasteiger partial charge in [0.05, 0.1) is 5.57 Å². The number of nitrogens with zero attached hydrogens (tertiary/aromatic N) is 1. The molecule has 5 heteroatoms. The minimum absolute atomic E-state index is 0.0977. The molecule has 0 aliphatic rings. The van der Waals surface area contributed by atoms with Gasteiger partial charge < -0.3 is 10.1 Å². The lowest BCUT2D eigenvalue weighted by Crippen LogP contribution is -2.15. The number of nitrogens with one attached hydrogen (secondary N) is 1. The van der Waals surface area contributed by atoms with Crippen molar-refractivity contribution in [1.29, 1.82) is 0 Å². The Hall–Kier alpha value is -3.70. The van der Waals surface area contributed by atoms with Gasteiger partial charge in [-0.3, -0.25) is 4.79 Å². The van der Waals surface area contributed by atoms with E-state index in [0.717, 1.165) is 21.8 Å². The molecule has 0 aliphatic heterocycles. The van der Waals surface area contributed by atoms with Gasteiger partial charge in [0, 0.05) is 16.6 Å². The van der Waals surface area contributed by atoms with Crippen molar-refractivity contribution in [3.05, 3.63) is 106 Å². The van der Waals surface area contributed by atoms with Crippen LogP contribution in [-0.2, 0) is 10.2 Å². The number of hydrogen-bond donors (Lipinski definition) is 1. The van der Waals surface area contributed by atoms with Gasteiger partial charge in [0.15, 0.2) is 0 Å². The molecular formula is C28H26N2O2S. The second-order valence-corrected chi connectivity index (χ2v) is 9.55. The van der Waals surface area contributed by atoms with Gasteiger partial charge in [-0.15, -0.1) is 11.3 Å². The summed E-state index contributed by atoms with van der Waals surface area (Å²) in [7, 11) is 0. The Kier molecular flexibility index (Phi) is 6.71. The number of aromatic nitrogens is 1. The molecule has 0 fully saturated rings. The zero-order valence-electron chi connectivity index (χ0n) is 18.9. The fourth-order valence-electron chi connectivity index (χ4n) is 3.43. The van der Waals surface area contributed by atoms with Crippen LogP contribution in [0.15, 0.2) is 90.4 Å². The minimum atomic E-state index is -0.219. The van der Waals surface area contributed by atoms with Crippen molar-refractivity contribution < 1.29 is 9.53 Å². The van der Waals surface area contributed by atoms with E-state index < -0.39 is 0 Å². The number of rotatable bonds is 6. The maximum absolute atomic E-state index is 13.4. The minimum Gasteiger partial charge on any atom is -0.437 e. The first kappa shape index (κ1) is 22.5. The molecule has 0 unspecified atom stereocenters. The second kappa shape index (κ2) is 9.84. The van der Waals surface area contributed by atoms with Gasteiger partial charge in [-0.1, -0.05) is 75.4 Å². The van der Waals surface area contributed by atoms with Crippen LogP contribution < -0.4 is 10.1 Å². The van der Waals surface area contributed by atoms with Crippen molar-refractivity contribution in [3.8, 4) is 11.6 Å². The lowest BCUT2D eigenvalue weighted by Gasteiger charge is -2.22. The summed E-state index contributed by atoms with van der Waals surface area (Å²) in [6.07, 6.45) is 3.55. The number of pyridine rings is 1. The number of amides is 1. The molecule has 2 heterocycles. The summed E-state index contributed by atoms with van der Waals surface area (Å²) < 4.78 is 6.21. The van der Waals surface area contributed by atoms with Crippen LogP contribution in [0, 0.1) is 0 Å². The molecule has 4 aromatic rings. The molecule has 2 aromatic heterocycles. The number of carbonyl (C=O) groups excluding carboxylic acids is 1. The van der Waals surface area contributed by atoms with E-state index in [1.807, 2.05) is 78.2 Å². The molecule has 2 aromatic carbocycles. The first-order valence-corrected chi connectivity index (χ1v) is 11.6. The van der Waals surface area contributed by atoms with E-state index in [4.69, 9.17) is 4.74 Å². The zero-order valence-corrected chi connectivity index (χ0v) is 19.7. The van der Waals surface area contributed by atoms with Crippen LogP contribution in [0.2, 0.25) is 0 Å². The van der Waals surface area contributed by atoms with E-state index in [-0.39, 0.29) is 11.3 Å². The predicted octanol–water partition coefficient (Wildman–Crippen LogP) is 7.41. The summed E-state index contributed by atoms with van der Waals surface area (Å²) in [5.74, 6) is 0.855. The largest absolute Gasteiger partial charge is 0.437 e. The third-order valence-corrected chi connectivity index (χ3v) is 5.97. The number of thiophene rings is 1. The van der Waals surface area contributed by atoms with Crippen molar-refractivity contribution in [2.75, 3.05) is 5.32 Å². The normalized spacial score (nSPS) is 11.8. The highest BCUT2D eigenvalue weighted by Crippen LogP contribution is 2.36. The summed E-state index contributed by atoms with van der Waals surface area (Å²) in [6, 6.07) is 25.2. The molecular weight excluding hydrogens is 428 g/mol. The third kappa shape index (κ3) is 5.57. The maximum Gasteiger partial charge on any atom is 0.257 e. The molecule has 0 atom stereocenters. The summed E-state index contributed by atoms with van der Waals surface area (Å²) >= 11 is 1.52. The number of benzene rings is 2. The molecule has 0 saturated heterocycles. The molecule has 1 N–H and O–H groups in total. The van der Waals surface area contributed by atoms with E-state index >= 15 is 0 Å². The lowest BCUT2D eigenvalue weighted by atomic mass is 9.86. The van der Waals surface area contributed by atoms with Gasteiger partial charge >= 0.3 is 0 Å². The smallest absolute Gasteiger partial charge is 0.257 e. The highest BCUT2D eigenvalue weighted by Gasteiger charge is 2.21. The lowest BCUT2D eigenvalue weighted by molar-refractivity contribution is -0.111. The van der Waals surface area contributed by atoms with Gasteiger partial charge in [0.2, 0.25) is 5.88 Å². The Morgan fingerprint density at radius 1 is 0.939 bits per heavy atom. The summed E-state index contributed by atoms with van der Waals surface area (Å²) in [5, 5.41) is 4.97. The highest BCUT2D eigenvalue weighted by atomic mass is 32.1. The molecule has 0 aliphatic carbocycles. The molecule has 166 valence electrons. The van der Waals surface area contributed by atoms with Crippen LogP contribution in [0.1, 0.15) is 36.8 Å². The predicted molar refractivity (Wildman–Crippen MR) is 137 cm³/mol. The van der Waals surface area contributed by atoms with Crippen molar-refractivity contribution in [3.63, 3.8) is 0 Å². The van der Waals surface area contributed by atoms with Crippen LogP contribution in [0.3, 0.4) is 0 Å². The van der Waals surface area contributed by atoms with Gasteiger partial charge in [-0.05, 0) is 46.7 Å². The molecule has 1 amide bonds. The molecule has 4 nitrogen and oxygen atoms in total. The van der Waals surface area contributed by atoms with Crippen molar-refractivity contribution in [1.82, 2.24) is 4.98 Å². The molecule has 33 heavy (non-hydrogen) atoms. The number of hydrogen-bond acceptors (Lipinski definition) is 4. The average molecular weight is 455 g/mol. The average Bonchev–Trinajstić information content (AvgIpc) is 3.34. The van der Waals surface area contributed by atoms with Crippen molar-refractivity contribution in [2.45, 2.75) is 26.2 Å². The number of anilines is 1. The van der Waals surface area contributed by atoms with E-state index in [0.29, 0.717) is 17.1 Å². The maximum atomic E-state index is 13.4. The Morgan fingerprint density at radius 2 is 1.70 bits per heavy atom. The number of carbonyl (C=O) groups is 1. The van der Waals surface area contributed by atoms with Crippen LogP contribution in [0.5, 0.6) is 11.6 Å². The van der Waals surface area contributed by atoms with Crippen LogP contribution in [-0.4, -0.2) is 10.9 Å². The van der Waals surface area contributed by atoms with Gasteiger partial charge in [-0.2, -0.15) is 0 Å². The first-order valence-electron chi connectivity index (χ1n) is 10.8. The number of ether oxygens (including phenoxy) is 1. The zero-order chi connectivity index (χ0) is 23.3. The monoisotopic (exact) mass is 454 g/mol. The van der Waals surface area contributed by atoms with E-state index in [9.17, 15) is 4.79 Å². The highest BCUT2D eigenvalue weighted by molar-refractivity contribution is 7.11.